The van der Waals surface area contributed by atoms with E-state index in [4.69, 9.17) is 4.74 Å². The van der Waals surface area contributed by atoms with Crippen molar-refractivity contribution in [2.24, 2.45) is 17.8 Å². The number of aromatic amines is 1. The molecular weight excluding hydrogens is 462 g/mol. The number of H-pyrrole nitrogens is 1. The van der Waals surface area contributed by atoms with E-state index in [1.54, 1.807) is 12.5 Å². The fourth-order valence-corrected chi connectivity index (χ4v) is 5.72. The van der Waals surface area contributed by atoms with E-state index in [1.807, 2.05) is 24.2 Å². The fourth-order valence-electron chi connectivity index (χ4n) is 4.68. The van der Waals surface area contributed by atoms with Gasteiger partial charge in [0, 0.05) is 23.9 Å². The topological polar surface area (TPSA) is 49.1 Å². The predicted molar refractivity (Wildman–Crippen MR) is 160 cm³/mol. The Bertz CT molecular complexity index is 810. The molecule has 0 spiro atoms. The average molecular weight is 516 g/mol. The molecule has 0 aromatic carbocycles. The third-order valence-electron chi connectivity index (χ3n) is 7.22. The molecule has 1 aliphatic rings. The van der Waals surface area contributed by atoms with Crippen molar-refractivity contribution >= 4 is 17.6 Å². The molecule has 2 rings (SSSR count). The maximum absolute atomic E-state index is 5.40. The molecule has 3 unspecified atom stereocenters. The van der Waals surface area contributed by atoms with Gasteiger partial charge in [-0.2, -0.15) is 11.8 Å². The maximum Gasteiger partial charge on any atom is 0.112 e. The third kappa shape index (κ3) is 13.0. The van der Waals surface area contributed by atoms with Crippen LogP contribution in [0.4, 0.5) is 5.82 Å². The van der Waals surface area contributed by atoms with Gasteiger partial charge in [-0.1, -0.05) is 84.3 Å². The lowest BCUT2D eigenvalue weighted by Gasteiger charge is -2.23. The van der Waals surface area contributed by atoms with Crippen molar-refractivity contribution in [3.8, 4) is 0 Å². The highest BCUT2D eigenvalue weighted by Gasteiger charge is 2.17. The lowest BCUT2D eigenvalue weighted by Crippen LogP contribution is -2.32. The van der Waals surface area contributed by atoms with E-state index < -0.39 is 0 Å². The SMILES string of the molecule is C/C(=C\CSCC(Nc1[nH]ccc1C)C1=COC=CN1)CCCC(C)CCCC(C)CCCC(C)C. The minimum Gasteiger partial charge on any atom is -0.469 e. The Morgan fingerprint density at radius 1 is 1.03 bits per heavy atom. The minimum absolute atomic E-state index is 0.157. The van der Waals surface area contributed by atoms with Crippen molar-refractivity contribution in [3.63, 3.8) is 0 Å². The molecule has 0 aliphatic carbocycles. The van der Waals surface area contributed by atoms with Gasteiger partial charge in [-0.15, -0.1) is 0 Å². The number of aromatic nitrogens is 1. The van der Waals surface area contributed by atoms with Crippen LogP contribution in [0.2, 0.25) is 0 Å². The molecular formula is C31H53N3OS. The Kier molecular flexibility index (Phi) is 15.0. The molecule has 3 N–H and O–H groups in total. The molecule has 36 heavy (non-hydrogen) atoms. The van der Waals surface area contributed by atoms with E-state index in [-0.39, 0.29) is 6.04 Å². The Balaban J connectivity index is 1.61. The van der Waals surface area contributed by atoms with Gasteiger partial charge in [-0.05, 0) is 56.1 Å². The first kappa shape index (κ1) is 30.5. The van der Waals surface area contributed by atoms with Gasteiger partial charge in [0.2, 0.25) is 0 Å². The molecule has 204 valence electrons. The largest absolute Gasteiger partial charge is 0.469 e. The van der Waals surface area contributed by atoms with Crippen molar-refractivity contribution < 1.29 is 4.74 Å². The second-order valence-electron chi connectivity index (χ2n) is 11.3. The second-order valence-corrected chi connectivity index (χ2v) is 12.4. The number of ether oxygens (including phenoxy) is 1. The van der Waals surface area contributed by atoms with Crippen LogP contribution in [0.15, 0.2) is 48.3 Å². The third-order valence-corrected chi connectivity index (χ3v) is 8.19. The van der Waals surface area contributed by atoms with E-state index in [1.165, 1.54) is 68.9 Å². The van der Waals surface area contributed by atoms with Gasteiger partial charge < -0.3 is 20.4 Å². The second kappa shape index (κ2) is 17.7. The first-order valence-electron chi connectivity index (χ1n) is 14.3. The van der Waals surface area contributed by atoms with E-state index >= 15 is 0 Å². The van der Waals surface area contributed by atoms with E-state index in [0.717, 1.165) is 40.8 Å². The molecule has 0 fully saturated rings. The lowest BCUT2D eigenvalue weighted by atomic mass is 9.91. The van der Waals surface area contributed by atoms with Gasteiger partial charge in [-0.25, -0.2) is 0 Å². The monoisotopic (exact) mass is 515 g/mol. The summed E-state index contributed by atoms with van der Waals surface area (Å²) in [6.07, 6.45) is 22.0. The number of allylic oxidation sites excluding steroid dienone is 1. The van der Waals surface area contributed by atoms with Crippen LogP contribution in [0.5, 0.6) is 0 Å². The van der Waals surface area contributed by atoms with Crippen molar-refractivity contribution in [3.05, 3.63) is 53.9 Å². The summed E-state index contributed by atoms with van der Waals surface area (Å²) in [7, 11) is 0. The number of hydrogen-bond acceptors (Lipinski definition) is 4. The predicted octanol–water partition coefficient (Wildman–Crippen LogP) is 9.15. The van der Waals surface area contributed by atoms with Crippen molar-refractivity contribution in [2.45, 2.75) is 105 Å². The van der Waals surface area contributed by atoms with Crippen LogP contribution in [0.3, 0.4) is 0 Å². The number of hydrogen-bond donors (Lipinski definition) is 3. The molecule has 1 aromatic rings. The quantitative estimate of drug-likeness (QED) is 0.127. The highest BCUT2D eigenvalue weighted by molar-refractivity contribution is 7.99. The molecule has 0 amide bonds. The lowest BCUT2D eigenvalue weighted by molar-refractivity contribution is 0.379. The molecule has 5 heteroatoms. The van der Waals surface area contributed by atoms with Crippen molar-refractivity contribution in [2.75, 3.05) is 16.8 Å². The minimum atomic E-state index is 0.157. The summed E-state index contributed by atoms with van der Waals surface area (Å²) in [5, 5.41) is 6.95. The summed E-state index contributed by atoms with van der Waals surface area (Å²) >= 11 is 1.96. The zero-order valence-corrected chi connectivity index (χ0v) is 24.7. The van der Waals surface area contributed by atoms with Crippen LogP contribution < -0.4 is 10.6 Å². The van der Waals surface area contributed by atoms with Gasteiger partial charge in [0.1, 0.15) is 18.3 Å². The highest BCUT2D eigenvalue weighted by Crippen LogP contribution is 2.23. The summed E-state index contributed by atoms with van der Waals surface area (Å²) in [4.78, 5) is 3.30. The average Bonchev–Trinajstić information content (AvgIpc) is 3.25. The number of anilines is 1. The van der Waals surface area contributed by atoms with Gasteiger partial charge >= 0.3 is 0 Å². The molecule has 0 saturated heterocycles. The zero-order chi connectivity index (χ0) is 26.2. The van der Waals surface area contributed by atoms with Crippen LogP contribution in [0, 0.1) is 24.7 Å². The Hall–Kier alpha value is -1.75. The normalized spacial score (nSPS) is 16.3. The summed E-state index contributed by atoms with van der Waals surface area (Å²) in [5.74, 6) is 5.68. The number of rotatable bonds is 19. The maximum atomic E-state index is 5.40. The fraction of sp³-hybridized carbons (Fsp3) is 0.677. The number of thioether (sulfide) groups is 1. The van der Waals surface area contributed by atoms with E-state index in [9.17, 15) is 0 Å². The first-order valence-corrected chi connectivity index (χ1v) is 15.4. The smallest absolute Gasteiger partial charge is 0.112 e. The molecule has 1 aromatic heterocycles. The summed E-state index contributed by atoms with van der Waals surface area (Å²) in [6.45, 7) is 14.0. The summed E-state index contributed by atoms with van der Waals surface area (Å²) < 4.78 is 5.40. The Labute approximate surface area is 226 Å². The van der Waals surface area contributed by atoms with Crippen LogP contribution in [-0.2, 0) is 4.74 Å². The molecule has 0 saturated carbocycles. The van der Waals surface area contributed by atoms with Gasteiger partial charge in [-0.3, -0.25) is 0 Å². The van der Waals surface area contributed by atoms with Crippen LogP contribution >= 0.6 is 11.8 Å². The van der Waals surface area contributed by atoms with Crippen LogP contribution in [-0.4, -0.2) is 22.5 Å². The van der Waals surface area contributed by atoms with E-state index in [2.05, 4.69) is 69.3 Å². The van der Waals surface area contributed by atoms with Gasteiger partial charge in [0.15, 0.2) is 0 Å². The van der Waals surface area contributed by atoms with E-state index in [0.29, 0.717) is 0 Å². The number of aryl methyl sites for hydroxylation is 1. The Morgan fingerprint density at radius 3 is 2.33 bits per heavy atom. The molecule has 3 atom stereocenters. The molecule has 0 radical (unpaired) electrons. The summed E-state index contributed by atoms with van der Waals surface area (Å²) in [5.41, 5.74) is 3.80. The zero-order valence-electron chi connectivity index (χ0n) is 23.9. The first-order chi connectivity index (χ1) is 17.3. The van der Waals surface area contributed by atoms with Gasteiger partial charge in [0.25, 0.3) is 0 Å². The van der Waals surface area contributed by atoms with Crippen LogP contribution in [0.25, 0.3) is 0 Å². The molecule has 4 nitrogen and oxygen atoms in total. The Morgan fingerprint density at radius 2 is 1.72 bits per heavy atom. The molecule has 1 aliphatic heterocycles. The molecule has 0 bridgehead atoms. The van der Waals surface area contributed by atoms with Crippen molar-refractivity contribution in [1.29, 1.82) is 0 Å². The molecule has 2 heterocycles. The standard InChI is InChI=1S/C31H53N3OS/c1-24(2)10-7-11-25(3)12-8-13-26(4)14-9-15-27(5)17-21-36-23-30(29-22-35-20-19-32-29)34-31-28(6)16-18-33-31/h16-20,22,24-26,30,32-34H,7-15,21,23H2,1-6H3/b27-17+. The highest BCUT2D eigenvalue weighted by atomic mass is 32.2. The number of nitrogens with one attached hydrogen (secondary N) is 3. The van der Waals surface area contributed by atoms with Crippen molar-refractivity contribution in [1.82, 2.24) is 10.3 Å². The summed E-state index contributed by atoms with van der Waals surface area (Å²) in [6, 6.07) is 2.25. The van der Waals surface area contributed by atoms with Crippen LogP contribution in [0.1, 0.15) is 98.0 Å². The van der Waals surface area contributed by atoms with Gasteiger partial charge in [0.05, 0.1) is 11.7 Å².